The first-order chi connectivity index (χ1) is 9.83. The van der Waals surface area contributed by atoms with Crippen molar-refractivity contribution in [1.29, 1.82) is 0 Å². The van der Waals surface area contributed by atoms with Gasteiger partial charge in [0.05, 0.1) is 18.1 Å². The van der Waals surface area contributed by atoms with Gasteiger partial charge in [-0.15, -0.1) is 5.10 Å². The number of pyridine rings is 1. The Hall–Kier alpha value is -2.82. The minimum Gasteiger partial charge on any atom is -0.259 e. The maximum atomic E-state index is 4.25. The summed E-state index contributed by atoms with van der Waals surface area (Å²) in [7, 11) is 0. The predicted octanol–water partition coefficient (Wildman–Crippen LogP) is 2.78. The average molecular weight is 263 g/mol. The van der Waals surface area contributed by atoms with E-state index in [1.807, 2.05) is 43.3 Å². The average Bonchev–Trinajstić information content (AvgIpc) is 2.49. The summed E-state index contributed by atoms with van der Waals surface area (Å²) in [5.74, 6) is 0.631. The van der Waals surface area contributed by atoms with Crippen LogP contribution in [0.25, 0.3) is 10.8 Å². The zero-order valence-electron chi connectivity index (χ0n) is 11.0. The number of rotatable bonds is 3. The molecule has 0 fully saturated rings. The molecule has 0 unspecified atom stereocenters. The standard InChI is InChI=1S/C15H13N5/c1-11-6-7-13(16-8-11)10-18-20-15-14-5-3-2-4-12(14)9-17-19-15/h2-10H,1H3,(H,19,20)/b18-10+. The molecule has 0 atom stereocenters. The molecule has 0 spiro atoms. The van der Waals surface area contributed by atoms with Crippen molar-refractivity contribution < 1.29 is 0 Å². The topological polar surface area (TPSA) is 63.1 Å². The summed E-state index contributed by atoms with van der Waals surface area (Å²) in [5, 5.41) is 14.2. The molecule has 3 aromatic rings. The zero-order valence-corrected chi connectivity index (χ0v) is 11.0. The van der Waals surface area contributed by atoms with Gasteiger partial charge in [-0.3, -0.25) is 10.4 Å². The van der Waals surface area contributed by atoms with E-state index in [1.54, 1.807) is 18.6 Å². The Morgan fingerprint density at radius 1 is 1.10 bits per heavy atom. The lowest BCUT2D eigenvalue weighted by Crippen LogP contribution is -1.97. The third-order valence-corrected chi connectivity index (χ3v) is 2.87. The molecular weight excluding hydrogens is 250 g/mol. The molecule has 5 nitrogen and oxygen atoms in total. The summed E-state index contributed by atoms with van der Waals surface area (Å²) in [4.78, 5) is 4.25. The number of benzene rings is 1. The molecule has 2 heterocycles. The fraction of sp³-hybridized carbons (Fsp3) is 0.0667. The van der Waals surface area contributed by atoms with Gasteiger partial charge in [-0.05, 0) is 18.6 Å². The van der Waals surface area contributed by atoms with E-state index in [4.69, 9.17) is 0 Å². The molecule has 5 heteroatoms. The SMILES string of the molecule is Cc1ccc(/C=N/Nc2nncc3ccccc23)nc1. The number of hydrogen-bond donors (Lipinski definition) is 1. The van der Waals surface area contributed by atoms with Crippen LogP contribution in [0.15, 0.2) is 53.9 Å². The summed E-state index contributed by atoms with van der Waals surface area (Å²) in [6, 6.07) is 11.8. The van der Waals surface area contributed by atoms with Gasteiger partial charge in [-0.2, -0.15) is 10.2 Å². The minimum atomic E-state index is 0.631. The Kier molecular flexibility index (Phi) is 3.33. The maximum Gasteiger partial charge on any atom is 0.176 e. The normalized spacial score (nSPS) is 11.1. The van der Waals surface area contributed by atoms with E-state index in [0.717, 1.165) is 22.0 Å². The lowest BCUT2D eigenvalue weighted by atomic mass is 10.2. The highest BCUT2D eigenvalue weighted by Gasteiger charge is 2.00. The van der Waals surface area contributed by atoms with Crippen LogP contribution in [0.4, 0.5) is 5.82 Å². The van der Waals surface area contributed by atoms with Crippen LogP contribution in [0.5, 0.6) is 0 Å². The lowest BCUT2D eigenvalue weighted by Gasteiger charge is -2.02. The molecule has 0 radical (unpaired) electrons. The van der Waals surface area contributed by atoms with Crippen LogP contribution >= 0.6 is 0 Å². The second kappa shape index (κ2) is 5.44. The van der Waals surface area contributed by atoms with Gasteiger partial charge < -0.3 is 0 Å². The Balaban J connectivity index is 1.81. The molecule has 0 aliphatic carbocycles. The molecule has 0 aliphatic rings. The molecule has 0 saturated carbocycles. The van der Waals surface area contributed by atoms with E-state index >= 15 is 0 Å². The summed E-state index contributed by atoms with van der Waals surface area (Å²) in [6.07, 6.45) is 5.19. The Morgan fingerprint density at radius 2 is 2.00 bits per heavy atom. The molecule has 0 saturated heterocycles. The summed E-state index contributed by atoms with van der Waals surface area (Å²) < 4.78 is 0. The highest BCUT2D eigenvalue weighted by molar-refractivity contribution is 5.91. The summed E-state index contributed by atoms with van der Waals surface area (Å²) >= 11 is 0. The molecule has 2 aromatic heterocycles. The van der Waals surface area contributed by atoms with E-state index in [0.29, 0.717) is 5.82 Å². The van der Waals surface area contributed by atoms with Crippen molar-refractivity contribution in [3.63, 3.8) is 0 Å². The van der Waals surface area contributed by atoms with Crippen molar-refractivity contribution in [2.24, 2.45) is 5.10 Å². The Morgan fingerprint density at radius 3 is 2.85 bits per heavy atom. The fourth-order valence-electron chi connectivity index (χ4n) is 1.83. The van der Waals surface area contributed by atoms with Crippen LogP contribution in [0.1, 0.15) is 11.3 Å². The number of nitrogens with one attached hydrogen (secondary N) is 1. The largest absolute Gasteiger partial charge is 0.259 e. The van der Waals surface area contributed by atoms with Gasteiger partial charge in [-0.25, -0.2) is 0 Å². The number of anilines is 1. The quantitative estimate of drug-likeness (QED) is 0.583. The van der Waals surface area contributed by atoms with Gasteiger partial charge in [0.15, 0.2) is 5.82 Å². The highest BCUT2D eigenvalue weighted by atomic mass is 15.3. The van der Waals surface area contributed by atoms with Crippen LogP contribution in [-0.2, 0) is 0 Å². The van der Waals surface area contributed by atoms with Crippen LogP contribution in [0.2, 0.25) is 0 Å². The van der Waals surface area contributed by atoms with Crippen molar-refractivity contribution in [1.82, 2.24) is 15.2 Å². The third-order valence-electron chi connectivity index (χ3n) is 2.87. The Bertz CT molecular complexity index is 744. The lowest BCUT2D eigenvalue weighted by molar-refractivity contribution is 1.04. The van der Waals surface area contributed by atoms with E-state index in [1.165, 1.54) is 0 Å². The molecule has 98 valence electrons. The van der Waals surface area contributed by atoms with Crippen molar-refractivity contribution >= 4 is 22.8 Å². The summed E-state index contributed by atoms with van der Waals surface area (Å²) in [5.41, 5.74) is 4.82. The molecule has 3 rings (SSSR count). The smallest absolute Gasteiger partial charge is 0.176 e. The molecule has 0 bridgehead atoms. The number of nitrogens with zero attached hydrogens (tertiary/aromatic N) is 4. The molecule has 1 aromatic carbocycles. The number of hydrogen-bond acceptors (Lipinski definition) is 5. The maximum absolute atomic E-state index is 4.25. The van der Waals surface area contributed by atoms with E-state index < -0.39 is 0 Å². The van der Waals surface area contributed by atoms with Crippen LogP contribution in [0, 0.1) is 6.92 Å². The molecule has 1 N–H and O–H groups in total. The highest BCUT2D eigenvalue weighted by Crippen LogP contribution is 2.18. The molecule has 20 heavy (non-hydrogen) atoms. The predicted molar refractivity (Wildman–Crippen MR) is 79.7 cm³/mol. The number of aryl methyl sites for hydroxylation is 1. The van der Waals surface area contributed by atoms with E-state index in [9.17, 15) is 0 Å². The van der Waals surface area contributed by atoms with Crippen LogP contribution in [0.3, 0.4) is 0 Å². The fourth-order valence-corrected chi connectivity index (χ4v) is 1.83. The third kappa shape index (κ3) is 2.61. The first-order valence-corrected chi connectivity index (χ1v) is 6.25. The van der Waals surface area contributed by atoms with Gasteiger partial charge in [0.1, 0.15) is 0 Å². The van der Waals surface area contributed by atoms with Crippen molar-refractivity contribution in [3.05, 3.63) is 60.0 Å². The van der Waals surface area contributed by atoms with Gasteiger partial charge in [0.25, 0.3) is 0 Å². The first kappa shape index (κ1) is 12.2. The minimum absolute atomic E-state index is 0.631. The van der Waals surface area contributed by atoms with Crippen LogP contribution < -0.4 is 5.43 Å². The van der Waals surface area contributed by atoms with E-state index in [2.05, 4.69) is 25.7 Å². The van der Waals surface area contributed by atoms with Crippen molar-refractivity contribution in [2.75, 3.05) is 5.43 Å². The number of fused-ring (bicyclic) bond motifs is 1. The van der Waals surface area contributed by atoms with Crippen LogP contribution in [-0.4, -0.2) is 21.4 Å². The Labute approximate surface area is 116 Å². The number of hydrazone groups is 1. The molecule has 0 amide bonds. The molecular formula is C15H13N5. The second-order valence-electron chi connectivity index (χ2n) is 4.41. The van der Waals surface area contributed by atoms with Gasteiger partial charge >= 0.3 is 0 Å². The van der Waals surface area contributed by atoms with Crippen molar-refractivity contribution in [3.8, 4) is 0 Å². The van der Waals surface area contributed by atoms with Gasteiger partial charge in [-0.1, -0.05) is 30.3 Å². The number of aromatic nitrogens is 3. The van der Waals surface area contributed by atoms with E-state index in [-0.39, 0.29) is 0 Å². The zero-order chi connectivity index (χ0) is 13.8. The summed E-state index contributed by atoms with van der Waals surface area (Å²) in [6.45, 7) is 2.00. The molecule has 0 aliphatic heterocycles. The van der Waals surface area contributed by atoms with Gasteiger partial charge in [0, 0.05) is 17.0 Å². The monoisotopic (exact) mass is 263 g/mol. The van der Waals surface area contributed by atoms with Crippen molar-refractivity contribution in [2.45, 2.75) is 6.92 Å². The second-order valence-corrected chi connectivity index (χ2v) is 4.41. The van der Waals surface area contributed by atoms with Gasteiger partial charge in [0.2, 0.25) is 0 Å². The first-order valence-electron chi connectivity index (χ1n) is 6.25.